The minimum absolute atomic E-state index is 0.00379. The largest absolute Gasteiger partial charge is 0.380 e. The molecule has 0 aliphatic rings. The molecule has 2 aromatic heterocycles. The molecule has 0 atom stereocenters. The van der Waals surface area contributed by atoms with Crippen LogP contribution in [-0.2, 0) is 20.1 Å². The number of nitrogen functional groups attached to an aromatic ring is 1. The number of benzene rings is 2. The first-order valence-corrected chi connectivity index (χ1v) is 14.3. The molecule has 0 spiro atoms. The highest BCUT2D eigenvalue weighted by molar-refractivity contribution is 7.90. The second kappa shape index (κ2) is 8.89. The molecular formula is C23H26FN5O5S2. The summed E-state index contributed by atoms with van der Waals surface area (Å²) in [6.07, 6.45) is 0.867. The molecule has 36 heavy (non-hydrogen) atoms. The van der Waals surface area contributed by atoms with Gasteiger partial charge in [0.25, 0.3) is 0 Å². The Kier molecular flexibility index (Phi) is 6.33. The van der Waals surface area contributed by atoms with E-state index in [1.54, 1.807) is 12.1 Å². The van der Waals surface area contributed by atoms with Crippen molar-refractivity contribution in [1.82, 2.24) is 18.9 Å². The Morgan fingerprint density at radius 2 is 1.64 bits per heavy atom. The monoisotopic (exact) mass is 535 g/mol. The molecule has 0 bridgehead atoms. The molecule has 0 aliphatic carbocycles. The van der Waals surface area contributed by atoms with E-state index in [0.29, 0.717) is 28.3 Å². The van der Waals surface area contributed by atoms with Crippen molar-refractivity contribution in [2.45, 2.75) is 38.9 Å². The molecule has 10 nitrogen and oxygen atoms in total. The van der Waals surface area contributed by atoms with Crippen LogP contribution in [0.5, 0.6) is 5.75 Å². The fourth-order valence-electron chi connectivity index (χ4n) is 3.68. The Labute approximate surface area is 208 Å². The number of halogens is 1. The Morgan fingerprint density at radius 1 is 1.00 bits per heavy atom. The number of hydrogen-bond acceptors (Lipinski definition) is 8. The van der Waals surface area contributed by atoms with E-state index in [4.69, 9.17) is 14.9 Å². The van der Waals surface area contributed by atoms with E-state index < -0.39 is 31.2 Å². The van der Waals surface area contributed by atoms with Crippen molar-refractivity contribution in [2.24, 2.45) is 0 Å². The van der Waals surface area contributed by atoms with Crippen molar-refractivity contribution in [3.05, 3.63) is 48.0 Å². The van der Waals surface area contributed by atoms with Crippen LogP contribution in [-0.4, -0.2) is 47.3 Å². The normalized spacial score (nSPS) is 12.7. The van der Waals surface area contributed by atoms with Gasteiger partial charge in [-0.2, -0.15) is 8.42 Å². The maximum absolute atomic E-state index is 13.6. The van der Waals surface area contributed by atoms with Gasteiger partial charge in [0, 0.05) is 17.0 Å². The third-order valence-corrected chi connectivity index (χ3v) is 8.04. The summed E-state index contributed by atoms with van der Waals surface area (Å²) in [4.78, 5) is 12.0. The van der Waals surface area contributed by atoms with Crippen LogP contribution in [0.4, 0.5) is 10.3 Å². The molecule has 4 rings (SSSR count). The van der Waals surface area contributed by atoms with Crippen molar-refractivity contribution in [2.75, 3.05) is 12.0 Å². The predicted octanol–water partition coefficient (Wildman–Crippen LogP) is 3.86. The van der Waals surface area contributed by atoms with Crippen LogP contribution >= 0.6 is 0 Å². The van der Waals surface area contributed by atoms with E-state index in [1.165, 1.54) is 38.1 Å². The van der Waals surface area contributed by atoms with Gasteiger partial charge in [-0.25, -0.2) is 26.7 Å². The third-order valence-electron chi connectivity index (χ3n) is 5.47. The molecule has 0 fully saturated rings. The van der Waals surface area contributed by atoms with Crippen LogP contribution in [0, 0.1) is 5.82 Å². The standard InChI is InChI=1S/C23H26FN5O5S2/c1-12(2)22-26-19(14-6-8-16(24)9-7-14)20(27-22)15-10-17-21(18(11-15)34-35(5,30)31)28-23(25)29(17)36(32,33)13(3)4/h6-13H,1-5H3,(H2,25,28)(H,26,27). The van der Waals surface area contributed by atoms with Gasteiger partial charge < -0.3 is 14.9 Å². The number of rotatable bonds is 7. The van der Waals surface area contributed by atoms with Crippen molar-refractivity contribution in [3.63, 3.8) is 0 Å². The quantitative estimate of drug-likeness (QED) is 0.339. The Morgan fingerprint density at radius 3 is 2.19 bits per heavy atom. The second-order valence-electron chi connectivity index (χ2n) is 8.96. The number of fused-ring (bicyclic) bond motifs is 1. The molecule has 3 N–H and O–H groups in total. The summed E-state index contributed by atoms with van der Waals surface area (Å²) in [6, 6.07) is 8.70. The topological polar surface area (TPSA) is 150 Å². The van der Waals surface area contributed by atoms with E-state index in [-0.39, 0.29) is 28.6 Å². The second-order valence-corrected chi connectivity index (χ2v) is 12.9. The summed E-state index contributed by atoms with van der Waals surface area (Å²) in [5.41, 5.74) is 7.89. The van der Waals surface area contributed by atoms with Gasteiger partial charge in [-0.3, -0.25) is 0 Å². The van der Waals surface area contributed by atoms with Gasteiger partial charge in [-0.1, -0.05) is 13.8 Å². The number of hydrogen-bond donors (Lipinski definition) is 2. The number of aromatic nitrogens is 4. The van der Waals surface area contributed by atoms with Crippen LogP contribution in [0.25, 0.3) is 33.5 Å². The maximum atomic E-state index is 13.6. The summed E-state index contributed by atoms with van der Waals surface area (Å²) >= 11 is 0. The zero-order valence-electron chi connectivity index (χ0n) is 20.3. The lowest BCUT2D eigenvalue weighted by atomic mass is 10.0. The smallest absolute Gasteiger partial charge is 0.306 e. The molecular weight excluding hydrogens is 509 g/mol. The number of nitrogens with two attached hydrogens (primary N) is 1. The number of anilines is 1. The molecule has 2 heterocycles. The first kappa shape index (κ1) is 25.6. The molecule has 0 amide bonds. The minimum atomic E-state index is -4.01. The van der Waals surface area contributed by atoms with E-state index in [0.717, 1.165) is 10.2 Å². The lowest BCUT2D eigenvalue weighted by Crippen LogP contribution is -2.23. The van der Waals surface area contributed by atoms with Crippen LogP contribution in [0.2, 0.25) is 0 Å². The highest BCUT2D eigenvalue weighted by Gasteiger charge is 2.28. The predicted molar refractivity (Wildman–Crippen MR) is 136 cm³/mol. The average Bonchev–Trinajstić information content (AvgIpc) is 3.35. The third kappa shape index (κ3) is 4.67. The summed E-state index contributed by atoms with van der Waals surface area (Å²) in [5, 5.41) is -0.840. The van der Waals surface area contributed by atoms with Gasteiger partial charge in [0.15, 0.2) is 5.75 Å². The Hall–Kier alpha value is -3.45. The van der Waals surface area contributed by atoms with Crippen LogP contribution in [0.1, 0.15) is 39.4 Å². The van der Waals surface area contributed by atoms with Gasteiger partial charge in [0.2, 0.25) is 16.0 Å². The lowest BCUT2D eigenvalue weighted by Gasteiger charge is -2.12. The molecule has 4 aromatic rings. The molecule has 0 aliphatic heterocycles. The maximum Gasteiger partial charge on any atom is 0.306 e. The fourth-order valence-corrected chi connectivity index (χ4v) is 5.27. The zero-order chi connectivity index (χ0) is 26.6. The molecule has 0 saturated carbocycles. The Bertz CT molecular complexity index is 1670. The molecule has 13 heteroatoms. The number of nitrogens with zero attached hydrogens (tertiary/aromatic N) is 3. The summed E-state index contributed by atoms with van der Waals surface area (Å²) < 4.78 is 70.0. The SMILES string of the molecule is CC(C)c1nc(-c2cc(OS(C)(=O)=O)c3nc(N)n(S(=O)(=O)C(C)C)c3c2)c(-c2ccc(F)cc2)[nH]1. The average molecular weight is 536 g/mol. The summed E-state index contributed by atoms with van der Waals surface area (Å²) in [7, 11) is -7.98. The van der Waals surface area contributed by atoms with Gasteiger partial charge in [-0.05, 0) is 50.2 Å². The lowest BCUT2D eigenvalue weighted by molar-refractivity contribution is 0.495. The van der Waals surface area contributed by atoms with Crippen molar-refractivity contribution in [1.29, 1.82) is 0 Å². The summed E-state index contributed by atoms with van der Waals surface area (Å²) in [6.45, 7) is 6.86. The van der Waals surface area contributed by atoms with Gasteiger partial charge in [-0.15, -0.1) is 0 Å². The van der Waals surface area contributed by atoms with Crippen LogP contribution in [0.3, 0.4) is 0 Å². The van der Waals surface area contributed by atoms with Crippen molar-refractivity contribution < 1.29 is 25.4 Å². The number of nitrogens with one attached hydrogen (secondary N) is 1. The minimum Gasteiger partial charge on any atom is -0.380 e. The first-order chi connectivity index (χ1) is 16.7. The number of imidazole rings is 2. The van der Waals surface area contributed by atoms with Gasteiger partial charge >= 0.3 is 10.1 Å². The molecule has 2 aromatic carbocycles. The first-order valence-electron chi connectivity index (χ1n) is 11.0. The van der Waals surface area contributed by atoms with E-state index >= 15 is 0 Å². The fraction of sp³-hybridized carbons (Fsp3) is 0.304. The van der Waals surface area contributed by atoms with Crippen LogP contribution in [0.15, 0.2) is 36.4 Å². The molecule has 192 valence electrons. The number of aromatic amines is 1. The van der Waals surface area contributed by atoms with E-state index in [1.807, 2.05) is 13.8 Å². The van der Waals surface area contributed by atoms with Crippen molar-refractivity contribution >= 4 is 37.1 Å². The highest BCUT2D eigenvalue weighted by Crippen LogP contribution is 2.39. The van der Waals surface area contributed by atoms with E-state index in [9.17, 15) is 21.2 Å². The van der Waals surface area contributed by atoms with Crippen LogP contribution < -0.4 is 9.92 Å². The number of H-pyrrole nitrogens is 1. The zero-order valence-corrected chi connectivity index (χ0v) is 21.9. The molecule has 0 radical (unpaired) electrons. The van der Waals surface area contributed by atoms with Crippen molar-refractivity contribution in [3.8, 4) is 28.3 Å². The molecule has 0 unspecified atom stereocenters. The Balaban J connectivity index is 2.09. The summed E-state index contributed by atoms with van der Waals surface area (Å²) in [5.74, 6) is -0.326. The highest BCUT2D eigenvalue weighted by atomic mass is 32.2. The van der Waals surface area contributed by atoms with Gasteiger partial charge in [0.05, 0.1) is 28.4 Å². The molecule has 0 saturated heterocycles. The van der Waals surface area contributed by atoms with Gasteiger partial charge in [0.1, 0.15) is 17.2 Å². The van der Waals surface area contributed by atoms with E-state index in [2.05, 4.69) is 9.97 Å².